The number of hydrogen-bond acceptors (Lipinski definition) is 2. The lowest BCUT2D eigenvalue weighted by Crippen LogP contribution is -2.34. The van der Waals surface area contributed by atoms with E-state index in [1.807, 2.05) is 0 Å². The number of nitrogens with two attached hydrogens (primary N) is 1. The molecule has 0 heterocycles. The molecule has 21 heavy (non-hydrogen) atoms. The number of hydrogen-bond donors (Lipinski definition) is 2. The van der Waals surface area contributed by atoms with Crippen LogP contribution >= 0.6 is 11.6 Å². The first-order valence-electron chi connectivity index (χ1n) is 7.11. The van der Waals surface area contributed by atoms with Crippen molar-refractivity contribution in [3.05, 3.63) is 34.3 Å². The second-order valence-corrected chi connectivity index (χ2v) is 6.06. The van der Waals surface area contributed by atoms with Crippen molar-refractivity contribution in [1.82, 2.24) is 0 Å². The van der Waals surface area contributed by atoms with Crippen molar-refractivity contribution in [2.24, 2.45) is 11.7 Å². The second kappa shape index (κ2) is 6.55. The molecule has 2 nitrogen and oxygen atoms in total. The van der Waals surface area contributed by atoms with Crippen LogP contribution in [-0.2, 0) is 6.18 Å². The molecule has 0 aromatic heterocycles. The first-order chi connectivity index (χ1) is 9.80. The largest absolute Gasteiger partial charge is 0.416 e. The SMILES string of the molecule is N[C@H](c1cc(C(F)(F)F)ccc1Cl)[C@@H](O)C1CCCCC1. The predicted molar refractivity (Wildman–Crippen MR) is 76.0 cm³/mol. The molecule has 1 aromatic rings. The number of benzene rings is 1. The maximum atomic E-state index is 12.8. The highest BCUT2D eigenvalue weighted by Crippen LogP contribution is 2.37. The molecular weight excluding hydrogens is 303 g/mol. The fourth-order valence-electron chi connectivity index (χ4n) is 2.93. The van der Waals surface area contributed by atoms with Crippen LogP contribution < -0.4 is 5.73 Å². The Hall–Kier alpha value is -0.780. The quantitative estimate of drug-likeness (QED) is 0.872. The molecule has 2 atom stereocenters. The van der Waals surface area contributed by atoms with Gasteiger partial charge in [-0.1, -0.05) is 30.9 Å². The minimum atomic E-state index is -4.45. The summed E-state index contributed by atoms with van der Waals surface area (Å²) in [6.45, 7) is 0. The van der Waals surface area contributed by atoms with Crippen LogP contribution in [0.5, 0.6) is 0 Å². The van der Waals surface area contributed by atoms with Crippen LogP contribution in [0.4, 0.5) is 13.2 Å². The van der Waals surface area contributed by atoms with Gasteiger partial charge in [0.05, 0.1) is 17.7 Å². The highest BCUT2D eigenvalue weighted by molar-refractivity contribution is 6.31. The van der Waals surface area contributed by atoms with Crippen molar-refractivity contribution in [3.8, 4) is 0 Å². The summed E-state index contributed by atoms with van der Waals surface area (Å²) in [5.74, 6) is 0.0272. The summed E-state index contributed by atoms with van der Waals surface area (Å²) in [5.41, 5.74) is 5.34. The minimum Gasteiger partial charge on any atom is -0.391 e. The summed E-state index contributed by atoms with van der Waals surface area (Å²) in [6.07, 6.45) is -0.448. The highest BCUT2D eigenvalue weighted by Gasteiger charge is 2.33. The topological polar surface area (TPSA) is 46.2 Å². The first kappa shape index (κ1) is 16.6. The normalized spacial score (nSPS) is 20.3. The number of aliphatic hydroxyl groups excluding tert-OH is 1. The van der Waals surface area contributed by atoms with Crippen molar-refractivity contribution in [2.45, 2.75) is 50.4 Å². The molecule has 0 radical (unpaired) electrons. The Morgan fingerprint density at radius 1 is 1.19 bits per heavy atom. The van der Waals surface area contributed by atoms with Gasteiger partial charge in [-0.3, -0.25) is 0 Å². The highest BCUT2D eigenvalue weighted by atomic mass is 35.5. The van der Waals surface area contributed by atoms with E-state index in [2.05, 4.69) is 0 Å². The Balaban J connectivity index is 2.23. The smallest absolute Gasteiger partial charge is 0.391 e. The lowest BCUT2D eigenvalue weighted by atomic mass is 9.81. The Morgan fingerprint density at radius 2 is 1.81 bits per heavy atom. The van der Waals surface area contributed by atoms with Gasteiger partial charge in [0, 0.05) is 5.02 Å². The maximum absolute atomic E-state index is 12.8. The second-order valence-electron chi connectivity index (χ2n) is 5.65. The number of halogens is 4. The summed E-state index contributed by atoms with van der Waals surface area (Å²) in [6, 6.07) is 2.15. The molecular formula is C15H19ClF3NO. The van der Waals surface area contributed by atoms with Crippen LogP contribution in [0.3, 0.4) is 0 Å². The summed E-state index contributed by atoms with van der Waals surface area (Å²) >= 11 is 5.97. The van der Waals surface area contributed by atoms with Gasteiger partial charge in [0.2, 0.25) is 0 Å². The molecule has 0 saturated heterocycles. The number of aliphatic hydroxyl groups is 1. The lowest BCUT2D eigenvalue weighted by Gasteiger charge is -2.31. The van der Waals surface area contributed by atoms with Gasteiger partial charge >= 0.3 is 6.18 Å². The summed E-state index contributed by atoms with van der Waals surface area (Å²) in [5, 5.41) is 10.5. The minimum absolute atomic E-state index is 0.0272. The average molecular weight is 322 g/mol. The molecule has 118 valence electrons. The summed E-state index contributed by atoms with van der Waals surface area (Å²) < 4.78 is 38.3. The molecule has 0 aliphatic heterocycles. The van der Waals surface area contributed by atoms with E-state index in [0.717, 1.165) is 44.2 Å². The molecule has 0 spiro atoms. The average Bonchev–Trinajstić information content (AvgIpc) is 2.46. The van der Waals surface area contributed by atoms with Gasteiger partial charge in [-0.05, 0) is 42.5 Å². The molecule has 1 aliphatic carbocycles. The van der Waals surface area contributed by atoms with Gasteiger partial charge in [-0.25, -0.2) is 0 Å². The molecule has 0 bridgehead atoms. The van der Waals surface area contributed by atoms with E-state index in [1.54, 1.807) is 0 Å². The predicted octanol–water partition coefficient (Wildman–Crippen LogP) is 4.30. The monoisotopic (exact) mass is 321 g/mol. The van der Waals surface area contributed by atoms with Crippen molar-refractivity contribution in [2.75, 3.05) is 0 Å². The molecule has 1 saturated carbocycles. The fraction of sp³-hybridized carbons (Fsp3) is 0.600. The molecule has 1 fully saturated rings. The Morgan fingerprint density at radius 3 is 2.38 bits per heavy atom. The molecule has 6 heteroatoms. The molecule has 3 N–H and O–H groups in total. The molecule has 1 aliphatic rings. The van der Waals surface area contributed by atoms with Gasteiger partial charge in [0.1, 0.15) is 0 Å². The van der Waals surface area contributed by atoms with E-state index in [4.69, 9.17) is 17.3 Å². The van der Waals surface area contributed by atoms with Crippen LogP contribution in [0, 0.1) is 5.92 Å². The van der Waals surface area contributed by atoms with E-state index >= 15 is 0 Å². The number of alkyl halides is 3. The maximum Gasteiger partial charge on any atom is 0.416 e. The van der Waals surface area contributed by atoms with E-state index in [0.29, 0.717) is 0 Å². The first-order valence-corrected chi connectivity index (χ1v) is 7.49. The van der Waals surface area contributed by atoms with Crippen molar-refractivity contribution < 1.29 is 18.3 Å². The van der Waals surface area contributed by atoms with E-state index in [1.165, 1.54) is 6.07 Å². The third kappa shape index (κ3) is 3.90. The third-order valence-corrected chi connectivity index (χ3v) is 4.53. The van der Waals surface area contributed by atoms with E-state index < -0.39 is 23.9 Å². The fourth-order valence-corrected chi connectivity index (χ4v) is 3.17. The zero-order valence-electron chi connectivity index (χ0n) is 11.5. The Bertz CT molecular complexity index is 486. The van der Waals surface area contributed by atoms with Crippen LogP contribution in [-0.4, -0.2) is 11.2 Å². The van der Waals surface area contributed by atoms with Crippen molar-refractivity contribution in [1.29, 1.82) is 0 Å². The van der Waals surface area contributed by atoms with Crippen LogP contribution in [0.25, 0.3) is 0 Å². The van der Waals surface area contributed by atoms with Gasteiger partial charge in [0.15, 0.2) is 0 Å². The van der Waals surface area contributed by atoms with Crippen LogP contribution in [0.2, 0.25) is 5.02 Å². The van der Waals surface area contributed by atoms with Crippen LogP contribution in [0.1, 0.15) is 49.3 Å². The van der Waals surface area contributed by atoms with Crippen molar-refractivity contribution in [3.63, 3.8) is 0 Å². The zero-order valence-corrected chi connectivity index (χ0v) is 12.3. The Kier molecular flexibility index (Phi) is 5.17. The van der Waals surface area contributed by atoms with Gasteiger partial charge in [0.25, 0.3) is 0 Å². The molecule has 2 rings (SSSR count). The van der Waals surface area contributed by atoms with E-state index in [-0.39, 0.29) is 16.5 Å². The third-order valence-electron chi connectivity index (χ3n) is 4.18. The molecule has 0 amide bonds. The summed E-state index contributed by atoms with van der Waals surface area (Å²) in [4.78, 5) is 0. The Labute approximate surface area is 127 Å². The van der Waals surface area contributed by atoms with Crippen molar-refractivity contribution >= 4 is 11.6 Å². The number of rotatable bonds is 3. The molecule has 1 aromatic carbocycles. The molecule has 0 unspecified atom stereocenters. The standard InChI is InChI=1S/C15H19ClF3NO/c16-12-7-6-10(15(17,18)19)8-11(12)13(20)14(21)9-4-2-1-3-5-9/h6-9,13-14,21H,1-5,20H2/t13-,14+/m1/s1. The van der Waals surface area contributed by atoms with Gasteiger partial charge < -0.3 is 10.8 Å². The van der Waals surface area contributed by atoms with Gasteiger partial charge in [-0.15, -0.1) is 0 Å². The van der Waals surface area contributed by atoms with Crippen LogP contribution in [0.15, 0.2) is 18.2 Å². The van der Waals surface area contributed by atoms with Gasteiger partial charge in [-0.2, -0.15) is 13.2 Å². The lowest BCUT2D eigenvalue weighted by molar-refractivity contribution is -0.137. The summed E-state index contributed by atoms with van der Waals surface area (Å²) in [7, 11) is 0. The zero-order chi connectivity index (χ0) is 15.6. The van der Waals surface area contributed by atoms with E-state index in [9.17, 15) is 18.3 Å².